The molecular weight excluding hydrogens is 714 g/mol. The van der Waals surface area contributed by atoms with Crippen LogP contribution < -0.4 is 10.2 Å². The monoisotopic (exact) mass is 734 g/mol. The van der Waals surface area contributed by atoms with Crippen molar-refractivity contribution in [3.63, 3.8) is 0 Å². The van der Waals surface area contributed by atoms with Crippen LogP contribution in [0.3, 0.4) is 0 Å². The highest BCUT2D eigenvalue weighted by atomic mass is 32.2. The van der Waals surface area contributed by atoms with E-state index in [1.165, 1.54) is 18.2 Å². The second-order valence-corrected chi connectivity index (χ2v) is 11.5. The summed E-state index contributed by atoms with van der Waals surface area (Å²) in [5, 5.41) is 5.92. The standard InChI is InChI=1S/C30H20F10N6O3S/c1-15-2-3-17(11-49-13-28(32,33)34)23(6-15)46-24(47)12-50-27(46)43-26(48)42-22-5-4-16(7-21(22)31)25-41-14-45(44-25)20-9-18(29(35,36)37)8-19(10-20)30(38,39)40/h2-10,14H,11-13H2,1H3,(H,42,48). The maximum absolute atomic E-state index is 15.1. The van der Waals surface area contributed by atoms with Gasteiger partial charge in [-0.2, -0.15) is 44.5 Å². The fourth-order valence-electron chi connectivity index (χ4n) is 4.54. The zero-order chi connectivity index (χ0) is 36.6. The summed E-state index contributed by atoms with van der Waals surface area (Å²) in [6.07, 6.45) is -14.0. The molecule has 5 rings (SSSR count). The van der Waals surface area contributed by atoms with E-state index in [2.05, 4.69) is 20.4 Å². The van der Waals surface area contributed by atoms with E-state index in [1.54, 1.807) is 13.0 Å². The Morgan fingerprint density at radius 2 is 1.64 bits per heavy atom. The number of nitrogens with zero attached hydrogens (tertiary/aromatic N) is 5. The first-order valence-electron chi connectivity index (χ1n) is 13.9. The van der Waals surface area contributed by atoms with Crippen LogP contribution in [0.2, 0.25) is 0 Å². The minimum absolute atomic E-state index is 0.0486. The summed E-state index contributed by atoms with van der Waals surface area (Å²) >= 11 is 0.851. The molecule has 0 atom stereocenters. The SMILES string of the molecule is Cc1ccc(COCC(F)(F)F)c(N2C(=O)CSC2=NC(=O)Nc2ccc(-c3ncn(-c4cc(C(F)(F)F)cc(C(F)(F)F)c4)n3)cc2F)c1. The number of carbonyl (C=O) groups is 2. The van der Waals surface area contributed by atoms with Gasteiger partial charge in [-0.05, 0) is 55.0 Å². The van der Waals surface area contributed by atoms with E-state index in [0.717, 1.165) is 35.1 Å². The van der Waals surface area contributed by atoms with Gasteiger partial charge in [-0.25, -0.2) is 18.9 Å². The van der Waals surface area contributed by atoms with Crippen molar-refractivity contribution in [2.24, 2.45) is 4.99 Å². The van der Waals surface area contributed by atoms with Gasteiger partial charge in [-0.15, -0.1) is 5.10 Å². The Hall–Kier alpha value is -4.98. The van der Waals surface area contributed by atoms with E-state index in [-0.39, 0.29) is 39.6 Å². The summed E-state index contributed by atoms with van der Waals surface area (Å²) in [5.41, 5.74) is -3.26. The Morgan fingerprint density at radius 1 is 0.960 bits per heavy atom. The van der Waals surface area contributed by atoms with Crippen molar-refractivity contribution >= 4 is 40.2 Å². The molecule has 0 radical (unpaired) electrons. The number of aromatic nitrogens is 3. The maximum Gasteiger partial charge on any atom is 0.416 e. The first-order chi connectivity index (χ1) is 23.3. The van der Waals surface area contributed by atoms with Gasteiger partial charge in [0.1, 0.15) is 18.8 Å². The fourth-order valence-corrected chi connectivity index (χ4v) is 5.40. The van der Waals surface area contributed by atoms with Crippen LogP contribution in [0.25, 0.3) is 17.1 Å². The number of amidine groups is 1. The van der Waals surface area contributed by atoms with Crippen LogP contribution in [0, 0.1) is 12.7 Å². The van der Waals surface area contributed by atoms with Crippen molar-refractivity contribution in [2.75, 3.05) is 22.6 Å². The molecule has 2 heterocycles. The number of thioether (sulfide) groups is 1. The summed E-state index contributed by atoms with van der Waals surface area (Å²) in [6, 6.07) is 7.37. The lowest BCUT2D eigenvalue weighted by Gasteiger charge is -2.21. The second-order valence-electron chi connectivity index (χ2n) is 10.6. The first kappa shape index (κ1) is 36.3. The summed E-state index contributed by atoms with van der Waals surface area (Å²) in [6.45, 7) is -0.377. The number of rotatable bonds is 7. The van der Waals surface area contributed by atoms with Crippen molar-refractivity contribution in [1.82, 2.24) is 14.8 Å². The van der Waals surface area contributed by atoms with E-state index in [4.69, 9.17) is 4.74 Å². The Balaban J connectivity index is 1.34. The van der Waals surface area contributed by atoms with Gasteiger partial charge >= 0.3 is 24.6 Å². The minimum Gasteiger partial charge on any atom is -0.367 e. The molecule has 0 bridgehead atoms. The van der Waals surface area contributed by atoms with Gasteiger partial charge in [0, 0.05) is 11.1 Å². The lowest BCUT2D eigenvalue weighted by molar-refractivity contribution is -0.176. The molecule has 3 aromatic carbocycles. The molecule has 0 saturated carbocycles. The third-order valence-corrected chi connectivity index (χ3v) is 7.69. The average molecular weight is 735 g/mol. The lowest BCUT2D eigenvalue weighted by atomic mass is 10.1. The molecule has 4 aromatic rings. The molecule has 1 fully saturated rings. The number of amides is 3. The molecule has 0 unspecified atom stereocenters. The van der Waals surface area contributed by atoms with Crippen molar-refractivity contribution < 1.29 is 58.2 Å². The molecule has 1 aromatic heterocycles. The maximum atomic E-state index is 15.1. The Morgan fingerprint density at radius 3 is 2.26 bits per heavy atom. The largest absolute Gasteiger partial charge is 0.416 e. The van der Waals surface area contributed by atoms with E-state index in [0.29, 0.717) is 22.4 Å². The van der Waals surface area contributed by atoms with Gasteiger partial charge in [-0.3, -0.25) is 9.69 Å². The number of urea groups is 1. The third-order valence-electron chi connectivity index (χ3n) is 6.77. The highest BCUT2D eigenvalue weighted by Crippen LogP contribution is 2.37. The molecular formula is C30H20F10N6O3S. The van der Waals surface area contributed by atoms with E-state index in [9.17, 15) is 49.1 Å². The number of alkyl halides is 9. The summed E-state index contributed by atoms with van der Waals surface area (Å²) in [5.74, 6) is -2.03. The number of hydrogen-bond donors (Lipinski definition) is 1. The number of halogens is 10. The van der Waals surface area contributed by atoms with Crippen LogP contribution in [-0.2, 0) is 28.5 Å². The highest BCUT2D eigenvalue weighted by molar-refractivity contribution is 8.15. The number of ether oxygens (including phenoxy) is 1. The molecule has 3 amide bonds. The van der Waals surface area contributed by atoms with Crippen molar-refractivity contribution in [3.8, 4) is 17.1 Å². The van der Waals surface area contributed by atoms with E-state index < -0.39 is 72.0 Å². The van der Waals surface area contributed by atoms with Crippen LogP contribution in [0.15, 0.2) is 65.9 Å². The van der Waals surface area contributed by atoms with Crippen LogP contribution in [-0.4, -0.2) is 50.4 Å². The van der Waals surface area contributed by atoms with Crippen LogP contribution >= 0.6 is 11.8 Å². The molecule has 1 N–H and O–H groups in total. The normalized spacial score (nSPS) is 14.9. The van der Waals surface area contributed by atoms with Gasteiger partial charge in [0.2, 0.25) is 5.91 Å². The molecule has 0 spiro atoms. The smallest absolute Gasteiger partial charge is 0.367 e. The van der Waals surface area contributed by atoms with Gasteiger partial charge < -0.3 is 10.1 Å². The van der Waals surface area contributed by atoms with Crippen molar-refractivity contribution in [3.05, 3.63) is 89.0 Å². The Bertz CT molecular complexity index is 1940. The molecule has 1 saturated heterocycles. The van der Waals surface area contributed by atoms with Crippen molar-refractivity contribution in [2.45, 2.75) is 32.1 Å². The fraction of sp³-hybridized carbons (Fsp3) is 0.233. The predicted octanol–water partition coefficient (Wildman–Crippen LogP) is 8.17. The van der Waals surface area contributed by atoms with E-state index >= 15 is 4.39 Å². The molecule has 264 valence electrons. The number of hydrogen-bond acceptors (Lipinski definition) is 6. The molecule has 20 heteroatoms. The zero-order valence-electron chi connectivity index (χ0n) is 25.0. The summed E-state index contributed by atoms with van der Waals surface area (Å²) in [7, 11) is 0. The Kier molecular flexibility index (Phi) is 9.97. The number of anilines is 2. The number of aliphatic imine (C=N–C) groups is 1. The zero-order valence-corrected chi connectivity index (χ0v) is 25.9. The predicted molar refractivity (Wildman–Crippen MR) is 160 cm³/mol. The number of benzene rings is 3. The quantitative estimate of drug-likeness (QED) is 0.192. The molecule has 9 nitrogen and oxygen atoms in total. The number of nitrogens with one attached hydrogen (secondary N) is 1. The van der Waals surface area contributed by atoms with Crippen LogP contribution in [0.5, 0.6) is 0 Å². The average Bonchev–Trinajstić information content (AvgIpc) is 3.64. The molecule has 1 aliphatic heterocycles. The molecule has 0 aliphatic carbocycles. The minimum atomic E-state index is -5.10. The third kappa shape index (κ3) is 8.59. The second kappa shape index (κ2) is 13.7. The molecule has 50 heavy (non-hydrogen) atoms. The topological polar surface area (TPSA) is 102 Å². The number of aryl methyl sites for hydroxylation is 1. The summed E-state index contributed by atoms with van der Waals surface area (Å²) < 4.78 is 138. The highest BCUT2D eigenvalue weighted by Gasteiger charge is 2.37. The van der Waals surface area contributed by atoms with Crippen LogP contribution in [0.4, 0.5) is 60.1 Å². The molecule has 1 aliphatic rings. The summed E-state index contributed by atoms with van der Waals surface area (Å²) in [4.78, 5) is 34.3. The van der Waals surface area contributed by atoms with Gasteiger partial charge in [-0.1, -0.05) is 23.9 Å². The Labute approximate surface area is 278 Å². The van der Waals surface area contributed by atoms with Gasteiger partial charge in [0.15, 0.2) is 11.0 Å². The van der Waals surface area contributed by atoms with Gasteiger partial charge in [0.05, 0.1) is 40.5 Å². The van der Waals surface area contributed by atoms with Crippen LogP contribution in [0.1, 0.15) is 22.3 Å². The number of carbonyl (C=O) groups excluding carboxylic acids is 2. The van der Waals surface area contributed by atoms with E-state index in [1.807, 2.05) is 0 Å². The lowest BCUT2D eigenvalue weighted by Crippen LogP contribution is -2.31. The first-order valence-corrected chi connectivity index (χ1v) is 14.9. The van der Waals surface area contributed by atoms with Crippen molar-refractivity contribution in [1.29, 1.82) is 0 Å². The van der Waals surface area contributed by atoms with Gasteiger partial charge in [0.25, 0.3) is 0 Å².